The summed E-state index contributed by atoms with van der Waals surface area (Å²) in [6.45, 7) is 0. The number of allylic oxidation sites excluding steroid dienone is 3. The summed E-state index contributed by atoms with van der Waals surface area (Å²) in [7, 11) is 0. The zero-order chi connectivity index (χ0) is 14.2. The van der Waals surface area contributed by atoms with E-state index >= 15 is 0 Å². The third kappa shape index (κ3) is 2.94. The number of thioether (sulfide) groups is 1. The minimum atomic E-state index is -5.04. The highest BCUT2D eigenvalue weighted by Gasteiger charge is 2.45. The van der Waals surface area contributed by atoms with Gasteiger partial charge in [0.25, 0.3) is 0 Å². The van der Waals surface area contributed by atoms with Gasteiger partial charge in [0.2, 0.25) is 5.91 Å². The maximum absolute atomic E-state index is 12.2. The van der Waals surface area contributed by atoms with Gasteiger partial charge in [0.05, 0.1) is 10.5 Å². The molecule has 1 heterocycles. The van der Waals surface area contributed by atoms with Crippen LogP contribution in [0.25, 0.3) is 0 Å². The number of nitrogens with two attached hydrogens (primary N) is 1. The van der Waals surface area contributed by atoms with Crippen LogP contribution in [0.15, 0.2) is 24.0 Å². The Morgan fingerprint density at radius 2 is 2.11 bits per heavy atom. The Balaban J connectivity index is 2.10. The molecule has 1 aliphatic heterocycles. The lowest BCUT2D eigenvalue weighted by Gasteiger charge is -2.21. The number of fused-ring (bicyclic) bond motifs is 1. The van der Waals surface area contributed by atoms with Crippen LogP contribution in [-0.2, 0) is 14.3 Å². The quantitative estimate of drug-likeness (QED) is 0.784. The number of carbonyl (C=O) groups is 2. The minimum absolute atomic E-state index is 0.0800. The largest absolute Gasteiger partial charge is 0.491 e. The van der Waals surface area contributed by atoms with Gasteiger partial charge < -0.3 is 10.5 Å². The summed E-state index contributed by atoms with van der Waals surface area (Å²) in [5, 5.41) is -0.959. The molecule has 3 unspecified atom stereocenters. The van der Waals surface area contributed by atoms with E-state index in [1.807, 2.05) is 0 Å². The Kier molecular flexibility index (Phi) is 3.62. The lowest BCUT2D eigenvalue weighted by molar-refractivity contribution is -0.195. The van der Waals surface area contributed by atoms with Crippen LogP contribution in [0.4, 0.5) is 13.2 Å². The first kappa shape index (κ1) is 14.0. The van der Waals surface area contributed by atoms with Crippen LogP contribution in [0.3, 0.4) is 0 Å². The van der Waals surface area contributed by atoms with Gasteiger partial charge in [-0.1, -0.05) is 12.2 Å². The highest BCUT2D eigenvalue weighted by atomic mass is 32.2. The summed E-state index contributed by atoms with van der Waals surface area (Å²) in [6, 6.07) is 0. The molecule has 2 aliphatic rings. The van der Waals surface area contributed by atoms with Crippen molar-refractivity contribution < 1.29 is 27.5 Å². The zero-order valence-corrected chi connectivity index (χ0v) is 10.3. The molecular weight excluding hydrogens is 283 g/mol. The van der Waals surface area contributed by atoms with Crippen molar-refractivity contribution in [2.45, 2.75) is 23.1 Å². The first-order valence-corrected chi connectivity index (χ1v) is 6.35. The molecule has 1 amide bonds. The predicted molar refractivity (Wildman–Crippen MR) is 61.8 cm³/mol. The van der Waals surface area contributed by atoms with Crippen LogP contribution in [0.2, 0.25) is 0 Å². The molecule has 104 valence electrons. The van der Waals surface area contributed by atoms with Crippen molar-refractivity contribution in [1.29, 1.82) is 0 Å². The Morgan fingerprint density at radius 3 is 2.68 bits per heavy atom. The molecule has 0 spiro atoms. The van der Waals surface area contributed by atoms with Crippen molar-refractivity contribution in [2.24, 2.45) is 11.7 Å². The molecule has 1 aliphatic carbocycles. The number of primary amides is 1. The first-order chi connectivity index (χ1) is 8.79. The first-order valence-electron chi connectivity index (χ1n) is 5.41. The maximum atomic E-state index is 12.2. The predicted octanol–water partition coefficient (Wildman–Crippen LogP) is 1.52. The van der Waals surface area contributed by atoms with Crippen LogP contribution in [0.1, 0.15) is 6.42 Å². The second kappa shape index (κ2) is 4.92. The number of amides is 1. The molecule has 0 bridgehead atoms. The lowest BCUT2D eigenvalue weighted by Crippen LogP contribution is -2.28. The van der Waals surface area contributed by atoms with Gasteiger partial charge in [-0.05, 0) is 18.4 Å². The fourth-order valence-corrected chi connectivity index (χ4v) is 3.48. The Bertz CT molecular complexity index is 472. The maximum Gasteiger partial charge on any atom is 0.491 e. The van der Waals surface area contributed by atoms with E-state index in [4.69, 9.17) is 5.73 Å². The zero-order valence-electron chi connectivity index (χ0n) is 9.52. The summed E-state index contributed by atoms with van der Waals surface area (Å²) in [5.41, 5.74) is 5.18. The molecule has 8 heteroatoms. The molecule has 0 saturated carbocycles. The smallest absolute Gasteiger partial charge is 0.423 e. The number of ether oxygens (including phenoxy) is 1. The van der Waals surface area contributed by atoms with Gasteiger partial charge in [-0.2, -0.15) is 13.2 Å². The summed E-state index contributed by atoms with van der Waals surface area (Å²) in [5.74, 6) is -3.00. The van der Waals surface area contributed by atoms with Crippen molar-refractivity contribution in [3.05, 3.63) is 24.0 Å². The number of esters is 1. The molecule has 1 saturated heterocycles. The topological polar surface area (TPSA) is 69.4 Å². The van der Waals surface area contributed by atoms with Gasteiger partial charge in [-0.25, -0.2) is 4.79 Å². The Morgan fingerprint density at radius 1 is 1.42 bits per heavy atom. The highest BCUT2D eigenvalue weighted by molar-refractivity contribution is 8.01. The van der Waals surface area contributed by atoms with Crippen LogP contribution < -0.4 is 5.73 Å². The Hall–Kier alpha value is -1.44. The monoisotopic (exact) mass is 293 g/mol. The van der Waals surface area contributed by atoms with Gasteiger partial charge in [-0.3, -0.25) is 4.79 Å². The summed E-state index contributed by atoms with van der Waals surface area (Å²) >= 11 is 1.12. The number of hydrogen-bond acceptors (Lipinski definition) is 4. The molecule has 0 radical (unpaired) electrons. The van der Waals surface area contributed by atoms with E-state index in [2.05, 4.69) is 4.74 Å². The van der Waals surface area contributed by atoms with Crippen molar-refractivity contribution in [3.63, 3.8) is 0 Å². The minimum Gasteiger partial charge on any atom is -0.423 e. The second-order valence-corrected chi connectivity index (χ2v) is 5.54. The van der Waals surface area contributed by atoms with Crippen LogP contribution in [0, 0.1) is 5.92 Å². The molecule has 3 atom stereocenters. The van der Waals surface area contributed by atoms with E-state index in [1.165, 1.54) is 12.2 Å². The average Bonchev–Trinajstić information content (AvgIpc) is 2.72. The summed E-state index contributed by atoms with van der Waals surface area (Å²) in [4.78, 5) is 21.9. The third-order valence-electron chi connectivity index (χ3n) is 2.84. The second-order valence-electron chi connectivity index (χ2n) is 4.19. The van der Waals surface area contributed by atoms with E-state index in [-0.39, 0.29) is 11.7 Å². The van der Waals surface area contributed by atoms with E-state index in [9.17, 15) is 22.8 Å². The molecule has 0 aromatic heterocycles. The van der Waals surface area contributed by atoms with Crippen LogP contribution in [-0.4, -0.2) is 28.6 Å². The number of carbonyl (C=O) groups excluding carboxylic acids is 2. The number of alkyl halides is 3. The number of halogens is 3. The number of hydrogen-bond donors (Lipinski definition) is 1. The van der Waals surface area contributed by atoms with E-state index in [0.717, 1.165) is 11.8 Å². The molecule has 2 rings (SSSR count). The third-order valence-corrected chi connectivity index (χ3v) is 4.47. The summed E-state index contributed by atoms with van der Waals surface area (Å²) < 4.78 is 40.8. The van der Waals surface area contributed by atoms with Gasteiger partial charge >= 0.3 is 12.1 Å². The van der Waals surface area contributed by atoms with Crippen molar-refractivity contribution >= 4 is 23.6 Å². The molecule has 0 aromatic rings. The normalized spacial score (nSPS) is 29.6. The van der Waals surface area contributed by atoms with Gasteiger partial charge in [0.1, 0.15) is 5.76 Å². The van der Waals surface area contributed by atoms with Gasteiger partial charge in [-0.15, -0.1) is 11.8 Å². The van der Waals surface area contributed by atoms with Crippen molar-refractivity contribution in [1.82, 2.24) is 0 Å². The van der Waals surface area contributed by atoms with E-state index in [0.29, 0.717) is 6.42 Å². The molecule has 19 heavy (non-hydrogen) atoms. The summed E-state index contributed by atoms with van der Waals surface area (Å²) in [6.07, 6.45) is -0.0112. The lowest BCUT2D eigenvalue weighted by atomic mass is 9.94. The molecule has 0 aromatic carbocycles. The van der Waals surface area contributed by atoms with Crippen LogP contribution in [0.5, 0.6) is 0 Å². The van der Waals surface area contributed by atoms with Gasteiger partial charge in [0, 0.05) is 0 Å². The SMILES string of the molecule is NC(=O)C1CC2C=CC=C(OC(=O)C(F)(F)F)C2S1. The van der Waals surface area contributed by atoms with Crippen LogP contribution >= 0.6 is 11.8 Å². The van der Waals surface area contributed by atoms with Crippen molar-refractivity contribution in [2.75, 3.05) is 0 Å². The van der Waals surface area contributed by atoms with Gasteiger partial charge in [0.15, 0.2) is 0 Å². The molecule has 4 nitrogen and oxygen atoms in total. The average molecular weight is 293 g/mol. The van der Waals surface area contributed by atoms with E-state index < -0.39 is 28.6 Å². The Labute approximate surface area is 110 Å². The van der Waals surface area contributed by atoms with E-state index in [1.54, 1.807) is 6.08 Å². The molecule has 1 fully saturated rings. The standard InChI is InChI=1S/C11H10F3NO3S/c12-11(13,14)10(17)18-6-3-1-2-5-4-7(9(15)16)19-8(5)6/h1-3,5,7-8H,4H2,(H2,15,16). The highest BCUT2D eigenvalue weighted by Crippen LogP contribution is 2.45. The number of rotatable bonds is 2. The fourth-order valence-electron chi connectivity index (χ4n) is 1.99. The molecule has 2 N–H and O–H groups in total. The fraction of sp³-hybridized carbons (Fsp3) is 0.455. The van der Waals surface area contributed by atoms with Crippen molar-refractivity contribution in [3.8, 4) is 0 Å². The molecular formula is C11H10F3NO3S.